The maximum atomic E-state index is 13.1. The molecule has 11 N–H and O–H groups in total. The number of carboxylic acids is 1. The first kappa shape index (κ1) is 30.3. The smallest absolute Gasteiger partial charge is 0.326 e. The lowest BCUT2D eigenvalue weighted by atomic mass is 10.0. The number of aliphatic imine (C=N–C) groups is 1. The van der Waals surface area contributed by atoms with Crippen molar-refractivity contribution in [2.45, 2.75) is 69.3 Å². The Kier molecular flexibility index (Phi) is 11.8. The summed E-state index contributed by atoms with van der Waals surface area (Å²) in [5, 5.41) is 39.7. The Morgan fingerprint density at radius 3 is 2.32 bits per heavy atom. The number of hydrogen-bond donors (Lipinski definition) is 9. The third-order valence-electron chi connectivity index (χ3n) is 6.01. The summed E-state index contributed by atoms with van der Waals surface area (Å²) in [6.45, 7) is 2.16. The minimum absolute atomic E-state index is 0.00481. The monoisotopic (exact) mass is 535 g/mol. The molecule has 0 bridgehead atoms. The molecule has 1 saturated heterocycles. The molecule has 1 fully saturated rings. The van der Waals surface area contributed by atoms with Crippen molar-refractivity contribution in [3.05, 3.63) is 29.8 Å². The second-order valence-corrected chi connectivity index (χ2v) is 9.16. The van der Waals surface area contributed by atoms with E-state index in [1.165, 1.54) is 31.2 Å². The molecule has 210 valence electrons. The number of rotatable bonds is 14. The molecule has 1 aromatic carbocycles. The summed E-state index contributed by atoms with van der Waals surface area (Å²) in [6, 6.07) is 1.44. The number of aliphatic hydroxyl groups excluding tert-OH is 1. The number of nitrogens with one attached hydrogen (secondary N) is 4. The molecule has 0 aromatic heterocycles. The summed E-state index contributed by atoms with van der Waals surface area (Å²) in [5.74, 6) is -3.45. The number of benzene rings is 1. The van der Waals surface area contributed by atoms with Gasteiger partial charge in [-0.1, -0.05) is 12.1 Å². The van der Waals surface area contributed by atoms with E-state index in [4.69, 9.17) is 11.5 Å². The van der Waals surface area contributed by atoms with Gasteiger partial charge in [0, 0.05) is 13.0 Å². The number of aliphatic hydroxyl groups is 1. The van der Waals surface area contributed by atoms with Gasteiger partial charge in [0.25, 0.3) is 0 Å². The summed E-state index contributed by atoms with van der Waals surface area (Å²) in [6.07, 6.45) is 0.445. The molecule has 5 atom stereocenters. The number of carboxylic acid groups (broad SMARTS) is 1. The van der Waals surface area contributed by atoms with Crippen molar-refractivity contribution in [3.63, 3.8) is 0 Å². The van der Waals surface area contributed by atoms with E-state index in [0.717, 1.165) is 6.42 Å². The van der Waals surface area contributed by atoms with E-state index in [1.807, 2.05) is 0 Å². The van der Waals surface area contributed by atoms with Crippen LogP contribution in [0.1, 0.15) is 38.2 Å². The number of hydrogen-bond acceptors (Lipinski definition) is 8. The van der Waals surface area contributed by atoms with Gasteiger partial charge in [0.05, 0.1) is 12.1 Å². The van der Waals surface area contributed by atoms with Gasteiger partial charge in [-0.2, -0.15) is 0 Å². The van der Waals surface area contributed by atoms with E-state index in [0.29, 0.717) is 24.9 Å². The first-order valence-corrected chi connectivity index (χ1v) is 12.4. The molecule has 0 radical (unpaired) electrons. The van der Waals surface area contributed by atoms with Crippen molar-refractivity contribution < 1.29 is 34.5 Å². The van der Waals surface area contributed by atoms with Gasteiger partial charge in [0.15, 0.2) is 5.96 Å². The lowest BCUT2D eigenvalue weighted by molar-refractivity contribution is -0.143. The van der Waals surface area contributed by atoms with E-state index >= 15 is 0 Å². The molecule has 5 unspecified atom stereocenters. The molecule has 14 heteroatoms. The Morgan fingerprint density at radius 2 is 1.76 bits per heavy atom. The Bertz CT molecular complexity index is 990. The van der Waals surface area contributed by atoms with Crippen LogP contribution in [0, 0.1) is 0 Å². The summed E-state index contributed by atoms with van der Waals surface area (Å²) >= 11 is 0. The van der Waals surface area contributed by atoms with E-state index in [2.05, 4.69) is 26.3 Å². The van der Waals surface area contributed by atoms with Gasteiger partial charge in [-0.15, -0.1) is 0 Å². The number of aromatic hydroxyl groups is 1. The number of nitrogens with two attached hydrogens (primary N) is 2. The minimum Gasteiger partial charge on any atom is -0.508 e. The van der Waals surface area contributed by atoms with Crippen LogP contribution >= 0.6 is 0 Å². The third-order valence-corrected chi connectivity index (χ3v) is 6.01. The molecule has 0 saturated carbocycles. The van der Waals surface area contributed by atoms with E-state index < -0.39 is 48.1 Å². The summed E-state index contributed by atoms with van der Waals surface area (Å²) in [5.41, 5.74) is 11.2. The largest absolute Gasteiger partial charge is 0.508 e. The van der Waals surface area contributed by atoms with Gasteiger partial charge in [-0.05, 0) is 56.8 Å². The molecule has 1 aliphatic rings. The predicted octanol–water partition coefficient (Wildman–Crippen LogP) is -2.34. The number of aliphatic carboxylic acids is 1. The van der Waals surface area contributed by atoms with Crippen LogP contribution in [-0.4, -0.2) is 88.3 Å². The van der Waals surface area contributed by atoms with Crippen LogP contribution in [0.5, 0.6) is 5.75 Å². The molecule has 2 rings (SSSR count). The van der Waals surface area contributed by atoms with Crippen LogP contribution in [0.15, 0.2) is 29.3 Å². The van der Waals surface area contributed by atoms with Crippen LogP contribution in [-0.2, 0) is 25.6 Å². The van der Waals surface area contributed by atoms with Crippen molar-refractivity contribution in [1.82, 2.24) is 21.3 Å². The van der Waals surface area contributed by atoms with E-state index in [1.54, 1.807) is 0 Å². The van der Waals surface area contributed by atoms with Gasteiger partial charge in [-0.25, -0.2) is 4.79 Å². The highest BCUT2D eigenvalue weighted by molar-refractivity contribution is 5.94. The molecule has 1 aromatic rings. The van der Waals surface area contributed by atoms with Gasteiger partial charge in [0.1, 0.15) is 23.9 Å². The van der Waals surface area contributed by atoms with Crippen molar-refractivity contribution in [3.8, 4) is 5.75 Å². The predicted molar refractivity (Wildman–Crippen MR) is 138 cm³/mol. The molecule has 1 heterocycles. The van der Waals surface area contributed by atoms with Crippen LogP contribution in [0.3, 0.4) is 0 Å². The summed E-state index contributed by atoms with van der Waals surface area (Å²) in [4.78, 5) is 54.3. The number of phenols is 1. The van der Waals surface area contributed by atoms with Gasteiger partial charge in [0.2, 0.25) is 17.7 Å². The lowest BCUT2D eigenvalue weighted by Crippen LogP contribution is -2.60. The van der Waals surface area contributed by atoms with Crippen molar-refractivity contribution in [2.24, 2.45) is 16.5 Å². The quantitative estimate of drug-likeness (QED) is 0.0698. The molecular weight excluding hydrogens is 498 g/mol. The molecule has 38 heavy (non-hydrogen) atoms. The van der Waals surface area contributed by atoms with E-state index in [-0.39, 0.29) is 37.0 Å². The fraction of sp³-hybridized carbons (Fsp3) is 0.542. The zero-order valence-corrected chi connectivity index (χ0v) is 21.2. The lowest BCUT2D eigenvalue weighted by Gasteiger charge is -2.26. The standard InChI is InChI=1S/C24H37N7O7/c1-13(32)19(22(36)30-18(23(37)38)12-14-6-8-15(33)9-7-14)31-21(35)17(5-3-11-28-24(25)26)29-20(34)16-4-2-10-27-16/h6-9,13,16-19,27,32-33H,2-5,10-12H2,1H3,(H,29,34)(H,30,36)(H,31,35)(H,37,38)(H4,25,26,28). The molecule has 1 aliphatic heterocycles. The minimum atomic E-state index is -1.49. The Labute approximate surface area is 220 Å². The maximum absolute atomic E-state index is 13.1. The van der Waals surface area contributed by atoms with Crippen LogP contribution in [0.4, 0.5) is 0 Å². The number of amides is 3. The highest BCUT2D eigenvalue weighted by Crippen LogP contribution is 2.12. The number of guanidine groups is 1. The number of carbonyl (C=O) groups is 4. The van der Waals surface area contributed by atoms with Crippen LogP contribution in [0.25, 0.3) is 0 Å². The normalized spacial score (nSPS) is 17.9. The number of carbonyl (C=O) groups excluding carboxylic acids is 3. The summed E-state index contributed by atoms with van der Waals surface area (Å²) in [7, 11) is 0. The molecular formula is C24H37N7O7. The molecule has 0 aliphatic carbocycles. The van der Waals surface area contributed by atoms with Crippen LogP contribution in [0.2, 0.25) is 0 Å². The average Bonchev–Trinajstić information content (AvgIpc) is 3.39. The second-order valence-electron chi connectivity index (χ2n) is 9.16. The van der Waals surface area contributed by atoms with Gasteiger partial charge < -0.3 is 48.1 Å². The highest BCUT2D eigenvalue weighted by atomic mass is 16.4. The molecule has 14 nitrogen and oxygen atoms in total. The first-order valence-electron chi connectivity index (χ1n) is 12.4. The average molecular weight is 536 g/mol. The molecule has 0 spiro atoms. The first-order chi connectivity index (χ1) is 18.0. The van der Waals surface area contributed by atoms with Gasteiger partial charge in [-0.3, -0.25) is 19.4 Å². The Balaban J connectivity index is 2.10. The SMILES string of the molecule is CC(O)C(NC(=O)C(CCCN=C(N)N)NC(=O)C1CCCN1)C(=O)NC(Cc1ccc(O)cc1)C(=O)O. The van der Waals surface area contributed by atoms with E-state index in [9.17, 15) is 34.5 Å². The Morgan fingerprint density at radius 1 is 1.08 bits per heavy atom. The van der Waals surface area contributed by atoms with Crippen molar-refractivity contribution in [2.75, 3.05) is 13.1 Å². The zero-order chi connectivity index (χ0) is 28.2. The highest BCUT2D eigenvalue weighted by Gasteiger charge is 2.33. The Hall–Kier alpha value is -3.91. The van der Waals surface area contributed by atoms with Crippen molar-refractivity contribution in [1.29, 1.82) is 0 Å². The fourth-order valence-corrected chi connectivity index (χ4v) is 3.94. The van der Waals surface area contributed by atoms with Gasteiger partial charge >= 0.3 is 5.97 Å². The molecule has 3 amide bonds. The van der Waals surface area contributed by atoms with Crippen molar-refractivity contribution >= 4 is 29.7 Å². The van der Waals surface area contributed by atoms with Crippen LogP contribution < -0.4 is 32.7 Å². The second kappa shape index (κ2) is 14.7. The summed E-state index contributed by atoms with van der Waals surface area (Å²) < 4.78 is 0. The number of phenolic OH excluding ortho intramolecular Hbond substituents is 1. The number of nitrogens with zero attached hydrogens (tertiary/aromatic N) is 1. The zero-order valence-electron chi connectivity index (χ0n) is 21.2. The maximum Gasteiger partial charge on any atom is 0.326 e. The third kappa shape index (κ3) is 9.86. The topological polar surface area (TPSA) is 241 Å². The fourth-order valence-electron chi connectivity index (χ4n) is 3.94.